The minimum absolute atomic E-state index is 0.140. The molecule has 0 saturated heterocycles. The van der Waals surface area contributed by atoms with Crippen LogP contribution in [0.1, 0.15) is 10.9 Å². The highest BCUT2D eigenvalue weighted by Gasteiger charge is 2.20. The summed E-state index contributed by atoms with van der Waals surface area (Å²) < 4.78 is 5.88. The van der Waals surface area contributed by atoms with Crippen molar-refractivity contribution in [3.05, 3.63) is 28.2 Å². The van der Waals surface area contributed by atoms with E-state index in [0.717, 1.165) is 10.0 Å². The molecule has 0 heterocycles. The van der Waals surface area contributed by atoms with Gasteiger partial charge in [0.15, 0.2) is 0 Å². The SMILES string of the molecule is COc1ccc(C(Cl)C(=O)N(C)C)cc1Br. The average Bonchev–Trinajstić information content (AvgIpc) is 2.26. The van der Waals surface area contributed by atoms with Crippen LogP contribution in [0, 0.1) is 0 Å². The van der Waals surface area contributed by atoms with Crippen LogP contribution < -0.4 is 4.74 Å². The minimum atomic E-state index is -0.669. The van der Waals surface area contributed by atoms with Crippen LogP contribution in [0.25, 0.3) is 0 Å². The lowest BCUT2D eigenvalue weighted by Gasteiger charge is -2.16. The molecule has 1 aromatic rings. The molecule has 5 heteroatoms. The minimum Gasteiger partial charge on any atom is -0.496 e. The van der Waals surface area contributed by atoms with Gasteiger partial charge in [0.25, 0.3) is 0 Å². The molecular weight excluding hydrogens is 293 g/mol. The molecule has 0 aromatic heterocycles. The maximum atomic E-state index is 11.7. The molecule has 0 aliphatic rings. The van der Waals surface area contributed by atoms with E-state index < -0.39 is 5.38 Å². The Morgan fingerprint density at radius 1 is 1.50 bits per heavy atom. The maximum Gasteiger partial charge on any atom is 0.244 e. The van der Waals surface area contributed by atoms with Crippen LogP contribution in [0.4, 0.5) is 0 Å². The lowest BCUT2D eigenvalue weighted by atomic mass is 10.1. The van der Waals surface area contributed by atoms with Gasteiger partial charge >= 0.3 is 0 Å². The summed E-state index contributed by atoms with van der Waals surface area (Å²) in [5.41, 5.74) is 0.744. The summed E-state index contributed by atoms with van der Waals surface area (Å²) >= 11 is 9.42. The van der Waals surface area contributed by atoms with E-state index in [2.05, 4.69) is 15.9 Å². The molecule has 0 saturated carbocycles. The van der Waals surface area contributed by atoms with Crippen LogP contribution in [0.5, 0.6) is 5.75 Å². The number of rotatable bonds is 3. The van der Waals surface area contributed by atoms with Gasteiger partial charge in [0, 0.05) is 14.1 Å². The standard InChI is InChI=1S/C11H13BrClNO2/c1-14(2)11(15)10(13)7-4-5-9(16-3)8(12)6-7/h4-6,10H,1-3H3. The van der Waals surface area contributed by atoms with Gasteiger partial charge in [0.2, 0.25) is 5.91 Å². The molecule has 1 unspecified atom stereocenters. The predicted octanol–water partition coefficient (Wildman–Crippen LogP) is 2.83. The number of methoxy groups -OCH3 is 1. The van der Waals surface area contributed by atoms with Gasteiger partial charge in [-0.05, 0) is 33.6 Å². The Labute approximate surface area is 108 Å². The van der Waals surface area contributed by atoms with Crippen LogP contribution >= 0.6 is 27.5 Å². The van der Waals surface area contributed by atoms with Gasteiger partial charge in [-0.15, -0.1) is 11.6 Å². The molecule has 0 spiro atoms. The Balaban J connectivity index is 2.97. The van der Waals surface area contributed by atoms with Crippen LogP contribution in [0.15, 0.2) is 22.7 Å². The van der Waals surface area contributed by atoms with Crippen molar-refractivity contribution < 1.29 is 9.53 Å². The first-order valence-electron chi connectivity index (χ1n) is 4.66. The van der Waals surface area contributed by atoms with Crippen molar-refractivity contribution in [2.45, 2.75) is 5.38 Å². The monoisotopic (exact) mass is 305 g/mol. The molecule has 0 N–H and O–H groups in total. The molecule has 3 nitrogen and oxygen atoms in total. The van der Waals surface area contributed by atoms with E-state index in [1.54, 1.807) is 39.4 Å². The predicted molar refractivity (Wildman–Crippen MR) is 68.0 cm³/mol. The Morgan fingerprint density at radius 3 is 2.56 bits per heavy atom. The zero-order chi connectivity index (χ0) is 12.3. The number of halogens is 2. The highest BCUT2D eigenvalue weighted by Crippen LogP contribution is 2.30. The second kappa shape index (κ2) is 5.55. The first kappa shape index (κ1) is 13.3. The molecule has 1 atom stereocenters. The first-order chi connectivity index (χ1) is 7.47. The smallest absolute Gasteiger partial charge is 0.244 e. The highest BCUT2D eigenvalue weighted by atomic mass is 79.9. The van der Waals surface area contributed by atoms with E-state index in [1.807, 2.05) is 0 Å². The molecule has 0 aliphatic heterocycles. The van der Waals surface area contributed by atoms with E-state index in [4.69, 9.17) is 16.3 Å². The first-order valence-corrected chi connectivity index (χ1v) is 5.89. The molecule has 0 radical (unpaired) electrons. The van der Waals surface area contributed by atoms with Crippen LogP contribution in [0.2, 0.25) is 0 Å². The van der Waals surface area contributed by atoms with Crippen molar-refractivity contribution in [1.29, 1.82) is 0 Å². The molecule has 0 bridgehead atoms. The number of carbonyl (C=O) groups excluding carboxylic acids is 1. The maximum absolute atomic E-state index is 11.7. The number of hydrogen-bond donors (Lipinski definition) is 0. The van der Waals surface area contributed by atoms with Gasteiger partial charge < -0.3 is 9.64 Å². The molecule has 0 aliphatic carbocycles. The Hall–Kier alpha value is -0.740. The summed E-state index contributed by atoms with van der Waals surface area (Å²) in [6, 6.07) is 5.35. The van der Waals surface area contributed by atoms with Crippen LogP contribution in [-0.2, 0) is 4.79 Å². The van der Waals surface area contributed by atoms with Gasteiger partial charge in [-0.25, -0.2) is 0 Å². The third-order valence-corrected chi connectivity index (χ3v) is 3.18. The Bertz CT molecular complexity index is 396. The number of hydrogen-bond acceptors (Lipinski definition) is 2. The zero-order valence-electron chi connectivity index (χ0n) is 9.33. The van der Waals surface area contributed by atoms with Crippen molar-refractivity contribution in [2.24, 2.45) is 0 Å². The summed E-state index contributed by atoms with van der Waals surface area (Å²) in [5, 5.41) is -0.669. The summed E-state index contributed by atoms with van der Waals surface area (Å²) in [5.74, 6) is 0.573. The largest absolute Gasteiger partial charge is 0.496 e. The number of likely N-dealkylation sites (N-methyl/N-ethyl adjacent to an activating group) is 1. The average molecular weight is 307 g/mol. The molecule has 16 heavy (non-hydrogen) atoms. The lowest BCUT2D eigenvalue weighted by Crippen LogP contribution is -2.25. The fourth-order valence-electron chi connectivity index (χ4n) is 1.21. The summed E-state index contributed by atoms with van der Waals surface area (Å²) in [7, 11) is 4.94. The summed E-state index contributed by atoms with van der Waals surface area (Å²) in [4.78, 5) is 13.1. The van der Waals surface area contributed by atoms with Crippen molar-refractivity contribution in [1.82, 2.24) is 4.90 Å². The van der Waals surface area contributed by atoms with E-state index in [9.17, 15) is 4.79 Å². The Morgan fingerprint density at radius 2 is 2.12 bits per heavy atom. The fourth-order valence-corrected chi connectivity index (χ4v) is 2.10. The van der Waals surface area contributed by atoms with Crippen molar-refractivity contribution in [3.63, 3.8) is 0 Å². The zero-order valence-corrected chi connectivity index (χ0v) is 11.7. The van der Waals surface area contributed by atoms with E-state index in [-0.39, 0.29) is 5.91 Å². The third kappa shape index (κ3) is 2.89. The molecule has 0 fully saturated rings. The molecule has 88 valence electrons. The van der Waals surface area contributed by atoms with Crippen molar-refractivity contribution in [2.75, 3.05) is 21.2 Å². The molecular formula is C11H13BrClNO2. The normalized spacial score (nSPS) is 12.1. The highest BCUT2D eigenvalue weighted by molar-refractivity contribution is 9.10. The lowest BCUT2D eigenvalue weighted by molar-refractivity contribution is -0.128. The Kier molecular flexibility index (Phi) is 4.62. The second-order valence-corrected chi connectivity index (χ2v) is 4.78. The molecule has 1 rings (SSSR count). The number of benzene rings is 1. The topological polar surface area (TPSA) is 29.5 Å². The molecule has 1 amide bonds. The van der Waals surface area contributed by atoms with Gasteiger partial charge in [0.1, 0.15) is 11.1 Å². The second-order valence-electron chi connectivity index (χ2n) is 3.49. The number of amides is 1. The van der Waals surface area contributed by atoms with Gasteiger partial charge in [-0.2, -0.15) is 0 Å². The third-order valence-electron chi connectivity index (χ3n) is 2.13. The van der Waals surface area contributed by atoms with Crippen molar-refractivity contribution in [3.8, 4) is 5.75 Å². The molecule has 1 aromatic carbocycles. The van der Waals surface area contributed by atoms with Gasteiger partial charge in [0.05, 0.1) is 11.6 Å². The van der Waals surface area contributed by atoms with Crippen LogP contribution in [0.3, 0.4) is 0 Å². The number of ether oxygens (including phenoxy) is 1. The number of carbonyl (C=O) groups is 1. The summed E-state index contributed by atoms with van der Waals surface area (Å²) in [6.45, 7) is 0. The van der Waals surface area contributed by atoms with E-state index in [1.165, 1.54) is 4.90 Å². The van der Waals surface area contributed by atoms with E-state index in [0.29, 0.717) is 5.75 Å². The summed E-state index contributed by atoms with van der Waals surface area (Å²) in [6.07, 6.45) is 0. The number of alkyl halides is 1. The quantitative estimate of drug-likeness (QED) is 0.804. The fraction of sp³-hybridized carbons (Fsp3) is 0.364. The number of nitrogens with zero attached hydrogens (tertiary/aromatic N) is 1. The van der Waals surface area contributed by atoms with Gasteiger partial charge in [-0.3, -0.25) is 4.79 Å². The van der Waals surface area contributed by atoms with Gasteiger partial charge in [-0.1, -0.05) is 6.07 Å². The van der Waals surface area contributed by atoms with Crippen LogP contribution in [-0.4, -0.2) is 32.0 Å². The van der Waals surface area contributed by atoms with Crippen molar-refractivity contribution >= 4 is 33.4 Å². The van der Waals surface area contributed by atoms with E-state index >= 15 is 0 Å².